The maximum absolute atomic E-state index is 11.1. The van der Waals surface area contributed by atoms with Crippen LogP contribution in [0.3, 0.4) is 0 Å². The van der Waals surface area contributed by atoms with Gasteiger partial charge in [0.15, 0.2) is 0 Å². The van der Waals surface area contributed by atoms with Crippen LogP contribution in [0.2, 0.25) is 0 Å². The van der Waals surface area contributed by atoms with Gasteiger partial charge < -0.3 is 11.1 Å². The zero-order valence-corrected chi connectivity index (χ0v) is 11.4. The molecule has 0 spiro atoms. The third-order valence-electron chi connectivity index (χ3n) is 3.63. The number of anilines is 1. The Bertz CT molecular complexity index is 429. The van der Waals surface area contributed by atoms with E-state index in [0.717, 1.165) is 12.2 Å². The van der Waals surface area contributed by atoms with Gasteiger partial charge in [-0.05, 0) is 45.0 Å². The van der Waals surface area contributed by atoms with Crippen molar-refractivity contribution in [3.8, 4) is 0 Å². The number of pyridine rings is 1. The van der Waals surface area contributed by atoms with Gasteiger partial charge in [0.2, 0.25) is 0 Å². The topological polar surface area (TPSA) is 71.2 Å². The molecule has 0 aromatic carbocycles. The van der Waals surface area contributed by atoms with Crippen LogP contribution in [0.25, 0.3) is 0 Å². The number of rotatable bonds is 5. The van der Waals surface area contributed by atoms with Gasteiger partial charge in [-0.1, -0.05) is 6.42 Å². The van der Waals surface area contributed by atoms with Crippen LogP contribution in [-0.4, -0.2) is 41.5 Å². The third-order valence-corrected chi connectivity index (χ3v) is 3.63. The first kappa shape index (κ1) is 13.8. The van der Waals surface area contributed by atoms with Gasteiger partial charge in [0.25, 0.3) is 5.91 Å². The van der Waals surface area contributed by atoms with Crippen LogP contribution in [0.4, 0.5) is 5.69 Å². The molecule has 2 heterocycles. The quantitative estimate of drug-likeness (QED) is 0.843. The summed E-state index contributed by atoms with van der Waals surface area (Å²) in [6.45, 7) is 5.47. The van der Waals surface area contributed by atoms with E-state index in [9.17, 15) is 4.79 Å². The fourth-order valence-corrected chi connectivity index (χ4v) is 2.43. The molecule has 104 valence electrons. The average Bonchev–Trinajstić information content (AvgIpc) is 2.46. The zero-order chi connectivity index (χ0) is 13.7. The number of hydrogen-bond acceptors (Lipinski definition) is 4. The Balaban J connectivity index is 1.87. The van der Waals surface area contributed by atoms with Crippen LogP contribution >= 0.6 is 0 Å². The smallest absolute Gasteiger partial charge is 0.267 e. The minimum atomic E-state index is -0.493. The Morgan fingerprint density at radius 2 is 2.21 bits per heavy atom. The van der Waals surface area contributed by atoms with Crippen LogP contribution in [0.1, 0.15) is 36.7 Å². The van der Waals surface area contributed by atoms with E-state index in [1.807, 2.05) is 6.07 Å². The van der Waals surface area contributed by atoms with Gasteiger partial charge >= 0.3 is 0 Å². The lowest BCUT2D eigenvalue weighted by molar-refractivity contribution is 0.0995. The molecule has 3 N–H and O–H groups in total. The van der Waals surface area contributed by atoms with Gasteiger partial charge in [-0.15, -0.1) is 0 Å². The van der Waals surface area contributed by atoms with Crippen LogP contribution in [0, 0.1) is 0 Å². The second-order valence-electron chi connectivity index (χ2n) is 5.12. The number of aromatic nitrogens is 1. The number of carbonyl (C=O) groups is 1. The number of carbonyl (C=O) groups excluding carboxylic acids is 1. The molecule has 0 aliphatic carbocycles. The summed E-state index contributed by atoms with van der Waals surface area (Å²) in [7, 11) is 0. The molecule has 0 radical (unpaired) electrons. The summed E-state index contributed by atoms with van der Waals surface area (Å²) in [5.41, 5.74) is 6.42. The number of likely N-dealkylation sites (tertiary alicyclic amines) is 1. The van der Waals surface area contributed by atoms with Gasteiger partial charge in [0.05, 0.1) is 0 Å². The molecule has 1 fully saturated rings. The van der Waals surface area contributed by atoms with Crippen molar-refractivity contribution in [2.45, 2.75) is 32.2 Å². The van der Waals surface area contributed by atoms with Gasteiger partial charge in [-0.2, -0.15) is 0 Å². The number of piperidine rings is 1. The van der Waals surface area contributed by atoms with Crippen LogP contribution < -0.4 is 11.1 Å². The summed E-state index contributed by atoms with van der Waals surface area (Å²) in [5.74, 6) is -0.493. The molecule has 1 aliphatic heterocycles. The fraction of sp³-hybridized carbons (Fsp3) is 0.571. The van der Waals surface area contributed by atoms with Crippen molar-refractivity contribution in [1.82, 2.24) is 9.88 Å². The summed E-state index contributed by atoms with van der Waals surface area (Å²) in [4.78, 5) is 17.5. The number of nitrogens with zero attached hydrogens (tertiary/aromatic N) is 2. The molecule has 1 amide bonds. The molecule has 1 aromatic rings. The van der Waals surface area contributed by atoms with Gasteiger partial charge in [-0.25, -0.2) is 0 Å². The number of nitrogens with two attached hydrogens (primary N) is 1. The molecule has 1 atom stereocenters. The van der Waals surface area contributed by atoms with E-state index in [2.05, 4.69) is 22.1 Å². The Morgan fingerprint density at radius 3 is 2.89 bits per heavy atom. The second-order valence-corrected chi connectivity index (χ2v) is 5.12. The van der Waals surface area contributed by atoms with Crippen molar-refractivity contribution in [3.63, 3.8) is 0 Å². The average molecular weight is 262 g/mol. The standard InChI is InChI=1S/C14H22N4O/c1-11(18-7-3-2-4-8-18)10-17-12-5-6-16-13(9-12)14(15)19/h5-6,9,11H,2-4,7-8,10H2,1H3,(H2,15,19)(H,16,17). The minimum absolute atomic E-state index is 0.302. The molecule has 19 heavy (non-hydrogen) atoms. The Morgan fingerprint density at radius 1 is 1.47 bits per heavy atom. The monoisotopic (exact) mass is 262 g/mol. The normalized spacial score (nSPS) is 17.9. The van der Waals surface area contributed by atoms with E-state index in [0.29, 0.717) is 11.7 Å². The molecular formula is C14H22N4O. The lowest BCUT2D eigenvalue weighted by Crippen LogP contribution is -2.41. The molecule has 0 bridgehead atoms. The molecule has 0 saturated carbocycles. The molecule has 2 rings (SSSR count). The number of primary amides is 1. The maximum Gasteiger partial charge on any atom is 0.267 e. The van der Waals surface area contributed by atoms with Crippen LogP contribution in [0.5, 0.6) is 0 Å². The van der Waals surface area contributed by atoms with Crippen molar-refractivity contribution < 1.29 is 4.79 Å². The van der Waals surface area contributed by atoms with Crippen LogP contribution in [0.15, 0.2) is 18.3 Å². The van der Waals surface area contributed by atoms with Crippen molar-refractivity contribution in [3.05, 3.63) is 24.0 Å². The minimum Gasteiger partial charge on any atom is -0.383 e. The van der Waals surface area contributed by atoms with Crippen molar-refractivity contribution >= 4 is 11.6 Å². The first-order chi connectivity index (χ1) is 9.16. The van der Waals surface area contributed by atoms with E-state index < -0.39 is 5.91 Å². The summed E-state index contributed by atoms with van der Waals surface area (Å²) in [6.07, 6.45) is 5.55. The van der Waals surface area contributed by atoms with E-state index >= 15 is 0 Å². The molecule has 1 aliphatic rings. The first-order valence-corrected chi connectivity index (χ1v) is 6.90. The van der Waals surface area contributed by atoms with E-state index in [-0.39, 0.29) is 0 Å². The van der Waals surface area contributed by atoms with Gasteiger partial charge in [0.1, 0.15) is 5.69 Å². The summed E-state index contributed by atoms with van der Waals surface area (Å²) < 4.78 is 0. The molecule has 5 nitrogen and oxygen atoms in total. The molecule has 1 aromatic heterocycles. The van der Waals surface area contributed by atoms with E-state index in [1.165, 1.54) is 32.4 Å². The summed E-state index contributed by atoms with van der Waals surface area (Å²) in [6, 6.07) is 4.05. The van der Waals surface area contributed by atoms with Crippen LogP contribution in [-0.2, 0) is 0 Å². The van der Waals surface area contributed by atoms with E-state index in [4.69, 9.17) is 5.73 Å². The number of hydrogen-bond donors (Lipinski definition) is 2. The highest BCUT2D eigenvalue weighted by molar-refractivity contribution is 5.91. The lowest BCUT2D eigenvalue weighted by Gasteiger charge is -2.32. The third kappa shape index (κ3) is 3.92. The van der Waals surface area contributed by atoms with Crippen molar-refractivity contribution in [2.24, 2.45) is 5.73 Å². The predicted molar refractivity (Wildman–Crippen MR) is 76.1 cm³/mol. The lowest BCUT2D eigenvalue weighted by atomic mass is 10.1. The van der Waals surface area contributed by atoms with Gasteiger partial charge in [0, 0.05) is 24.5 Å². The maximum atomic E-state index is 11.1. The van der Waals surface area contributed by atoms with Crippen molar-refractivity contribution in [1.29, 1.82) is 0 Å². The molecule has 1 unspecified atom stereocenters. The van der Waals surface area contributed by atoms with E-state index in [1.54, 1.807) is 12.3 Å². The number of nitrogens with one attached hydrogen (secondary N) is 1. The second kappa shape index (κ2) is 6.52. The highest BCUT2D eigenvalue weighted by atomic mass is 16.1. The zero-order valence-electron chi connectivity index (χ0n) is 11.4. The van der Waals surface area contributed by atoms with Crippen molar-refractivity contribution in [2.75, 3.05) is 25.0 Å². The fourth-order valence-electron chi connectivity index (χ4n) is 2.43. The van der Waals surface area contributed by atoms with Gasteiger partial charge in [-0.3, -0.25) is 14.7 Å². The summed E-state index contributed by atoms with van der Waals surface area (Å²) >= 11 is 0. The molecular weight excluding hydrogens is 240 g/mol. The highest BCUT2D eigenvalue weighted by Gasteiger charge is 2.16. The largest absolute Gasteiger partial charge is 0.383 e. The molecule has 1 saturated heterocycles. The summed E-state index contributed by atoms with van der Waals surface area (Å²) in [5, 5.41) is 3.35. The molecule has 5 heteroatoms. The Hall–Kier alpha value is -1.62. The SMILES string of the molecule is CC(CNc1ccnc(C(N)=O)c1)N1CCCCC1. The Kier molecular flexibility index (Phi) is 4.74. The highest BCUT2D eigenvalue weighted by Crippen LogP contribution is 2.13. The Labute approximate surface area is 114 Å². The number of amides is 1. The predicted octanol–water partition coefficient (Wildman–Crippen LogP) is 1.47. The first-order valence-electron chi connectivity index (χ1n) is 6.90.